The van der Waals surface area contributed by atoms with Gasteiger partial charge in [0.15, 0.2) is 5.78 Å². The molecule has 0 aromatic carbocycles. The summed E-state index contributed by atoms with van der Waals surface area (Å²) in [6.45, 7) is 8.72. The Bertz CT molecular complexity index is 766. The summed E-state index contributed by atoms with van der Waals surface area (Å²) in [5, 5.41) is 0. The van der Waals surface area contributed by atoms with Crippen molar-refractivity contribution in [2.24, 2.45) is 34.5 Å². The number of allylic oxidation sites excluding steroid dienone is 2. The molecule has 0 heterocycles. The zero-order chi connectivity index (χ0) is 20.3. The van der Waals surface area contributed by atoms with Gasteiger partial charge in [0, 0.05) is 6.42 Å². The molecule has 0 aromatic heterocycles. The molecule has 4 rings (SSSR count). The largest absolute Gasteiger partial charge is 0.461 e. The van der Waals surface area contributed by atoms with Crippen molar-refractivity contribution >= 4 is 11.8 Å². The van der Waals surface area contributed by atoms with Crippen molar-refractivity contribution in [3.8, 4) is 0 Å². The summed E-state index contributed by atoms with van der Waals surface area (Å²) in [7, 11) is 0. The zero-order valence-electron chi connectivity index (χ0n) is 17.6. The van der Waals surface area contributed by atoms with Gasteiger partial charge in [-0.15, -0.1) is 0 Å². The highest BCUT2D eigenvalue weighted by Crippen LogP contribution is 2.67. The minimum Gasteiger partial charge on any atom is -0.461 e. The van der Waals surface area contributed by atoms with E-state index in [4.69, 9.17) is 4.74 Å². The fourth-order valence-electron chi connectivity index (χ4n) is 7.48. The van der Waals surface area contributed by atoms with E-state index in [1.54, 1.807) is 6.92 Å². The summed E-state index contributed by atoms with van der Waals surface area (Å²) in [5.74, 6) is 0.773. The van der Waals surface area contributed by atoms with Crippen molar-refractivity contribution in [2.75, 3.05) is 6.61 Å². The van der Waals surface area contributed by atoms with Gasteiger partial charge in [0.05, 0.1) is 6.61 Å². The third kappa shape index (κ3) is 2.74. The van der Waals surface area contributed by atoms with Gasteiger partial charge in [-0.3, -0.25) is 4.79 Å². The lowest BCUT2D eigenvalue weighted by atomic mass is 9.45. The van der Waals surface area contributed by atoms with Gasteiger partial charge < -0.3 is 4.74 Å². The first-order valence-electron chi connectivity index (χ1n) is 11.0. The second-order valence-electron chi connectivity index (χ2n) is 10.0. The molecule has 4 aliphatic carbocycles. The maximum absolute atomic E-state index is 15.0. The first kappa shape index (κ1) is 19.8. The van der Waals surface area contributed by atoms with Crippen LogP contribution in [-0.4, -0.2) is 18.4 Å². The second kappa shape index (κ2) is 6.81. The van der Waals surface area contributed by atoms with E-state index in [9.17, 15) is 14.0 Å². The number of fused-ring (bicyclic) bond motifs is 5. The van der Waals surface area contributed by atoms with E-state index in [1.165, 1.54) is 5.57 Å². The van der Waals surface area contributed by atoms with E-state index >= 15 is 0 Å². The first-order chi connectivity index (χ1) is 13.2. The fourth-order valence-corrected chi connectivity index (χ4v) is 7.48. The quantitative estimate of drug-likeness (QED) is 0.460. The fraction of sp³-hybridized carbons (Fsp3) is 0.750. The van der Waals surface area contributed by atoms with E-state index in [0.29, 0.717) is 42.1 Å². The van der Waals surface area contributed by atoms with Gasteiger partial charge in [-0.2, -0.15) is 4.39 Å². The molecule has 0 unspecified atom stereocenters. The molecule has 3 saturated carbocycles. The van der Waals surface area contributed by atoms with Crippen LogP contribution in [0.25, 0.3) is 0 Å². The van der Waals surface area contributed by atoms with E-state index in [-0.39, 0.29) is 23.2 Å². The number of esters is 1. The Hall–Kier alpha value is -1.45. The molecule has 0 spiro atoms. The number of ketones is 1. The van der Waals surface area contributed by atoms with Gasteiger partial charge in [0.25, 0.3) is 0 Å². The highest BCUT2D eigenvalue weighted by Gasteiger charge is 2.59. The van der Waals surface area contributed by atoms with Gasteiger partial charge in [0.1, 0.15) is 0 Å². The van der Waals surface area contributed by atoms with Crippen molar-refractivity contribution in [3.05, 3.63) is 23.0 Å². The summed E-state index contributed by atoms with van der Waals surface area (Å²) in [6, 6.07) is 0. The summed E-state index contributed by atoms with van der Waals surface area (Å²) in [4.78, 5) is 24.1. The van der Waals surface area contributed by atoms with Gasteiger partial charge in [-0.25, -0.2) is 4.79 Å². The lowest BCUT2D eigenvalue weighted by Crippen LogP contribution is -2.51. The van der Waals surface area contributed by atoms with Crippen LogP contribution in [0.2, 0.25) is 0 Å². The smallest absolute Gasteiger partial charge is 0.367 e. The number of carbonyl (C=O) groups excluding carboxylic acids is 2. The van der Waals surface area contributed by atoms with E-state index in [0.717, 1.165) is 32.1 Å². The van der Waals surface area contributed by atoms with Crippen LogP contribution in [0.15, 0.2) is 23.0 Å². The number of carbonyl (C=O) groups is 2. The number of halogens is 1. The summed E-state index contributed by atoms with van der Waals surface area (Å²) in [5.41, 5.74) is 1.93. The van der Waals surface area contributed by atoms with Crippen LogP contribution in [0.5, 0.6) is 0 Å². The summed E-state index contributed by atoms with van der Waals surface area (Å²) in [6.07, 6.45) is 8.22. The molecule has 0 amide bonds. The van der Waals surface area contributed by atoms with Crippen molar-refractivity contribution < 1.29 is 18.7 Å². The Balaban J connectivity index is 1.68. The average molecular weight is 389 g/mol. The number of rotatable bonds is 2. The van der Waals surface area contributed by atoms with Crippen LogP contribution in [0, 0.1) is 34.5 Å². The predicted octanol–water partition coefficient (Wildman–Crippen LogP) is 5.55. The molecule has 6 atom stereocenters. The van der Waals surface area contributed by atoms with Crippen molar-refractivity contribution in [1.82, 2.24) is 0 Å². The Morgan fingerprint density at radius 2 is 1.89 bits per heavy atom. The SMILES string of the molecule is CCOC(=O)C(F)=C1CC[C@H]2[C@@H]3C[C@H](C)C4=CC(=O)CC[C@]4(C)[C@H]3CC[C@]12C. The Morgan fingerprint density at radius 3 is 2.61 bits per heavy atom. The normalized spacial score (nSPS) is 44.2. The molecular formula is C24H33FO3. The third-order valence-electron chi connectivity index (χ3n) is 8.78. The molecule has 3 fully saturated rings. The van der Waals surface area contributed by atoms with E-state index < -0.39 is 11.8 Å². The van der Waals surface area contributed by atoms with Gasteiger partial charge in [-0.05, 0) is 91.6 Å². The van der Waals surface area contributed by atoms with Crippen LogP contribution >= 0.6 is 0 Å². The molecule has 154 valence electrons. The second-order valence-corrected chi connectivity index (χ2v) is 10.0. The number of hydrogen-bond donors (Lipinski definition) is 0. The monoisotopic (exact) mass is 388 g/mol. The minimum absolute atomic E-state index is 0.101. The maximum Gasteiger partial charge on any atom is 0.367 e. The van der Waals surface area contributed by atoms with Crippen LogP contribution in [0.3, 0.4) is 0 Å². The summed E-state index contributed by atoms with van der Waals surface area (Å²) >= 11 is 0. The van der Waals surface area contributed by atoms with Gasteiger partial charge in [-0.1, -0.05) is 26.3 Å². The van der Waals surface area contributed by atoms with Crippen molar-refractivity contribution in [3.63, 3.8) is 0 Å². The van der Waals surface area contributed by atoms with Gasteiger partial charge >= 0.3 is 5.97 Å². The topological polar surface area (TPSA) is 43.4 Å². The molecule has 0 saturated heterocycles. The molecule has 0 aromatic rings. The first-order valence-corrected chi connectivity index (χ1v) is 11.0. The van der Waals surface area contributed by atoms with Crippen LogP contribution in [0.1, 0.15) is 72.6 Å². The molecule has 0 radical (unpaired) electrons. The Labute approximate surface area is 167 Å². The molecule has 4 heteroatoms. The summed E-state index contributed by atoms with van der Waals surface area (Å²) < 4.78 is 19.9. The Morgan fingerprint density at radius 1 is 1.18 bits per heavy atom. The highest BCUT2D eigenvalue weighted by atomic mass is 19.1. The van der Waals surface area contributed by atoms with Crippen LogP contribution in [-0.2, 0) is 14.3 Å². The highest BCUT2D eigenvalue weighted by molar-refractivity contribution is 5.91. The molecule has 28 heavy (non-hydrogen) atoms. The molecule has 0 N–H and O–H groups in total. The standard InChI is InChI=1S/C24H33FO3/c1-5-28-22(27)21(25)19-7-6-17-16-12-14(2)20-13-15(26)8-10-24(20,4)18(16)9-11-23(17,19)3/h13-14,16-18H,5-12H2,1-4H3/t14-,16-,17-,18-,23-,24+/m0/s1. The number of hydrogen-bond acceptors (Lipinski definition) is 3. The van der Waals surface area contributed by atoms with Crippen LogP contribution in [0.4, 0.5) is 4.39 Å². The van der Waals surface area contributed by atoms with Crippen LogP contribution < -0.4 is 0 Å². The predicted molar refractivity (Wildman–Crippen MR) is 106 cm³/mol. The van der Waals surface area contributed by atoms with Gasteiger partial charge in [0.2, 0.25) is 5.83 Å². The zero-order valence-corrected chi connectivity index (χ0v) is 17.6. The molecule has 3 nitrogen and oxygen atoms in total. The molecule has 4 aliphatic rings. The molecule has 0 bridgehead atoms. The average Bonchev–Trinajstić information content (AvgIpc) is 3.00. The van der Waals surface area contributed by atoms with E-state index in [1.807, 2.05) is 6.08 Å². The lowest BCUT2D eigenvalue weighted by molar-refractivity contribution is -0.140. The third-order valence-corrected chi connectivity index (χ3v) is 8.78. The Kier molecular flexibility index (Phi) is 4.83. The molecular weight excluding hydrogens is 355 g/mol. The van der Waals surface area contributed by atoms with Crippen molar-refractivity contribution in [1.29, 1.82) is 0 Å². The number of ether oxygens (including phenoxy) is 1. The molecule has 0 aliphatic heterocycles. The van der Waals surface area contributed by atoms with E-state index in [2.05, 4.69) is 20.8 Å². The minimum atomic E-state index is -0.790. The van der Waals surface area contributed by atoms with Crippen molar-refractivity contribution in [2.45, 2.75) is 72.6 Å². The lowest BCUT2D eigenvalue weighted by Gasteiger charge is -2.59. The maximum atomic E-state index is 15.0.